The summed E-state index contributed by atoms with van der Waals surface area (Å²) in [7, 11) is -2.31. The highest BCUT2D eigenvalue weighted by Crippen LogP contribution is 2.27. The molecule has 0 atom stereocenters. The third-order valence-electron chi connectivity index (χ3n) is 4.65. The molecule has 1 aromatic heterocycles. The summed E-state index contributed by atoms with van der Waals surface area (Å²) in [5.41, 5.74) is 5.85. The van der Waals surface area contributed by atoms with E-state index in [-0.39, 0.29) is 34.7 Å². The van der Waals surface area contributed by atoms with Crippen LogP contribution in [0.5, 0.6) is 5.75 Å². The van der Waals surface area contributed by atoms with Crippen LogP contribution in [0.15, 0.2) is 24.4 Å². The molecule has 1 fully saturated rings. The van der Waals surface area contributed by atoms with Crippen LogP contribution in [0.3, 0.4) is 0 Å². The molecule has 0 amide bonds. The number of benzene rings is 1. The molecule has 1 aromatic carbocycles. The minimum Gasteiger partial charge on any atom is -0.496 e. The Bertz CT molecular complexity index is 1020. The number of methoxy groups -OCH3 is 1. The van der Waals surface area contributed by atoms with Gasteiger partial charge in [0.05, 0.1) is 30.5 Å². The molecule has 2 aromatic rings. The zero-order valence-electron chi connectivity index (χ0n) is 16.1. The van der Waals surface area contributed by atoms with Crippen molar-refractivity contribution in [2.24, 2.45) is 0 Å². The smallest absolute Gasteiger partial charge is 0.241 e. The SMILES string of the molecule is COc1ccc(F)cc1C(=O)c1cnc(N(C2CCNCC2)S(C)(=O)=O)nc1N. The molecule has 29 heavy (non-hydrogen) atoms. The predicted molar refractivity (Wildman–Crippen MR) is 106 cm³/mol. The maximum absolute atomic E-state index is 13.6. The van der Waals surface area contributed by atoms with Crippen molar-refractivity contribution >= 4 is 27.6 Å². The summed E-state index contributed by atoms with van der Waals surface area (Å²) >= 11 is 0. The second-order valence-corrected chi connectivity index (χ2v) is 8.54. The van der Waals surface area contributed by atoms with Crippen LogP contribution in [0, 0.1) is 5.82 Å². The van der Waals surface area contributed by atoms with Gasteiger partial charge >= 0.3 is 0 Å². The maximum atomic E-state index is 13.6. The molecule has 1 aliphatic heterocycles. The van der Waals surface area contributed by atoms with Crippen LogP contribution in [0.4, 0.5) is 16.2 Å². The topological polar surface area (TPSA) is 128 Å². The maximum Gasteiger partial charge on any atom is 0.241 e. The van der Waals surface area contributed by atoms with E-state index in [1.807, 2.05) is 0 Å². The summed E-state index contributed by atoms with van der Waals surface area (Å²) in [6.45, 7) is 1.34. The lowest BCUT2D eigenvalue weighted by Crippen LogP contribution is -2.46. The fourth-order valence-electron chi connectivity index (χ4n) is 3.29. The predicted octanol–water partition coefficient (Wildman–Crippen LogP) is 0.956. The number of aromatic nitrogens is 2. The first-order chi connectivity index (χ1) is 13.7. The molecule has 3 N–H and O–H groups in total. The highest BCUT2D eigenvalue weighted by molar-refractivity contribution is 7.92. The number of nitrogen functional groups attached to an aromatic ring is 1. The van der Waals surface area contributed by atoms with Gasteiger partial charge in [0.15, 0.2) is 0 Å². The number of ether oxygens (including phenoxy) is 1. The lowest BCUT2D eigenvalue weighted by molar-refractivity contribution is 0.103. The molecule has 9 nitrogen and oxygen atoms in total. The van der Waals surface area contributed by atoms with Crippen LogP contribution in [0.1, 0.15) is 28.8 Å². The summed E-state index contributed by atoms with van der Waals surface area (Å²) in [5, 5.41) is 3.17. The van der Waals surface area contributed by atoms with Gasteiger partial charge in [0.2, 0.25) is 21.8 Å². The fourth-order valence-corrected chi connectivity index (χ4v) is 4.43. The molecule has 0 radical (unpaired) electrons. The first-order valence-corrected chi connectivity index (χ1v) is 10.8. The van der Waals surface area contributed by atoms with Gasteiger partial charge in [-0.1, -0.05) is 0 Å². The summed E-state index contributed by atoms with van der Waals surface area (Å²) in [6, 6.07) is 3.22. The molecule has 11 heteroatoms. The van der Waals surface area contributed by atoms with Gasteiger partial charge in [0.25, 0.3) is 0 Å². The Hall–Kier alpha value is -2.79. The van der Waals surface area contributed by atoms with Gasteiger partial charge in [0, 0.05) is 6.20 Å². The van der Waals surface area contributed by atoms with Gasteiger partial charge in [-0.3, -0.25) is 4.79 Å². The van der Waals surface area contributed by atoms with E-state index < -0.39 is 21.6 Å². The summed E-state index contributed by atoms with van der Waals surface area (Å²) in [4.78, 5) is 21.0. The normalized spacial score (nSPS) is 15.1. The molecular weight excluding hydrogens is 401 g/mol. The number of anilines is 2. The first-order valence-electron chi connectivity index (χ1n) is 8.93. The number of rotatable bonds is 6. The van der Waals surface area contributed by atoms with Gasteiger partial charge in [-0.15, -0.1) is 0 Å². The van der Waals surface area contributed by atoms with Crippen molar-refractivity contribution in [3.05, 3.63) is 41.3 Å². The number of halogens is 1. The van der Waals surface area contributed by atoms with E-state index in [0.717, 1.165) is 22.8 Å². The van der Waals surface area contributed by atoms with Crippen LogP contribution in [0.25, 0.3) is 0 Å². The minimum absolute atomic E-state index is 0.0334. The Labute approximate surface area is 168 Å². The molecule has 0 bridgehead atoms. The van der Waals surface area contributed by atoms with Crippen LogP contribution in [-0.2, 0) is 10.0 Å². The van der Waals surface area contributed by atoms with Crippen molar-refractivity contribution in [1.29, 1.82) is 0 Å². The Morgan fingerprint density at radius 1 is 1.31 bits per heavy atom. The van der Waals surface area contributed by atoms with Crippen LogP contribution in [0.2, 0.25) is 0 Å². The molecule has 0 aliphatic carbocycles. The van der Waals surface area contributed by atoms with Crippen molar-refractivity contribution in [3.63, 3.8) is 0 Å². The van der Waals surface area contributed by atoms with Gasteiger partial charge in [-0.05, 0) is 44.1 Å². The highest BCUT2D eigenvalue weighted by atomic mass is 32.2. The number of nitrogens with two attached hydrogens (primary N) is 1. The van der Waals surface area contributed by atoms with Crippen LogP contribution in [-0.4, -0.2) is 56.7 Å². The molecule has 0 unspecified atom stereocenters. The van der Waals surface area contributed by atoms with E-state index in [2.05, 4.69) is 15.3 Å². The summed E-state index contributed by atoms with van der Waals surface area (Å²) in [5.74, 6) is -1.36. The van der Waals surface area contributed by atoms with Gasteiger partial charge in [0.1, 0.15) is 17.4 Å². The van der Waals surface area contributed by atoms with Crippen LogP contribution < -0.4 is 20.1 Å². The third kappa shape index (κ3) is 4.46. The number of piperidine rings is 1. The number of carbonyl (C=O) groups is 1. The van der Waals surface area contributed by atoms with Crippen molar-refractivity contribution in [1.82, 2.24) is 15.3 Å². The van der Waals surface area contributed by atoms with Crippen molar-refractivity contribution in [2.75, 3.05) is 36.5 Å². The van der Waals surface area contributed by atoms with Gasteiger partial charge in [-0.2, -0.15) is 4.98 Å². The van der Waals surface area contributed by atoms with Crippen LogP contribution >= 0.6 is 0 Å². The molecule has 0 spiro atoms. The second kappa shape index (κ2) is 8.29. The molecule has 2 heterocycles. The monoisotopic (exact) mass is 423 g/mol. The Kier molecular flexibility index (Phi) is 5.99. The molecule has 1 saturated heterocycles. The van der Waals surface area contributed by atoms with Gasteiger partial charge < -0.3 is 15.8 Å². The molecule has 156 valence electrons. The molecule has 0 saturated carbocycles. The average molecular weight is 423 g/mol. The number of carbonyl (C=O) groups excluding carboxylic acids is 1. The quantitative estimate of drug-likeness (QED) is 0.658. The molecule has 3 rings (SSSR count). The number of hydrogen-bond donors (Lipinski definition) is 2. The number of nitrogens with zero attached hydrogens (tertiary/aromatic N) is 3. The summed E-state index contributed by atoms with van der Waals surface area (Å²) < 4.78 is 44.6. The molecule has 1 aliphatic rings. The Morgan fingerprint density at radius 2 is 2.00 bits per heavy atom. The van der Waals surface area contributed by atoms with Crippen molar-refractivity contribution in [2.45, 2.75) is 18.9 Å². The fraction of sp³-hybridized carbons (Fsp3) is 0.389. The lowest BCUT2D eigenvalue weighted by Gasteiger charge is -2.32. The number of ketones is 1. The third-order valence-corrected chi connectivity index (χ3v) is 5.83. The number of hydrogen-bond acceptors (Lipinski definition) is 8. The van der Waals surface area contributed by atoms with E-state index in [1.165, 1.54) is 19.2 Å². The van der Waals surface area contributed by atoms with Gasteiger partial charge in [-0.25, -0.2) is 22.1 Å². The minimum atomic E-state index is -3.67. The summed E-state index contributed by atoms with van der Waals surface area (Å²) in [6.07, 6.45) is 3.42. The Balaban J connectivity index is 1.99. The standard InChI is InChI=1S/C18H22FN5O4S/c1-28-15-4-3-11(19)9-13(15)16(25)14-10-22-18(23-17(14)20)24(29(2,26)27)12-5-7-21-8-6-12/h3-4,9-10,12,21H,5-8H2,1-2H3,(H2,20,22,23). The largest absolute Gasteiger partial charge is 0.496 e. The lowest BCUT2D eigenvalue weighted by atomic mass is 10.0. The Morgan fingerprint density at radius 3 is 2.59 bits per heavy atom. The van der Waals surface area contributed by atoms with E-state index in [4.69, 9.17) is 10.5 Å². The second-order valence-electron chi connectivity index (χ2n) is 6.68. The number of nitrogens with one attached hydrogen (secondary N) is 1. The zero-order chi connectivity index (χ0) is 21.2. The van der Waals surface area contributed by atoms with E-state index in [9.17, 15) is 17.6 Å². The van der Waals surface area contributed by atoms with E-state index in [1.54, 1.807) is 0 Å². The van der Waals surface area contributed by atoms with Crippen molar-refractivity contribution < 1.29 is 22.3 Å². The number of sulfonamides is 1. The van der Waals surface area contributed by atoms with E-state index in [0.29, 0.717) is 25.9 Å². The molecular formula is C18H22FN5O4S. The highest BCUT2D eigenvalue weighted by Gasteiger charge is 2.31. The van der Waals surface area contributed by atoms with Crippen molar-refractivity contribution in [3.8, 4) is 5.75 Å². The average Bonchev–Trinajstić information content (AvgIpc) is 2.67. The van der Waals surface area contributed by atoms with E-state index >= 15 is 0 Å². The first kappa shape index (κ1) is 20.9. The zero-order valence-corrected chi connectivity index (χ0v) is 16.9.